The highest BCUT2D eigenvalue weighted by molar-refractivity contribution is 6.12. The molecule has 1 aliphatic rings. The number of nitrogens with one attached hydrogen (secondary N) is 1. The molecule has 2 amide bonds. The van der Waals surface area contributed by atoms with Crippen molar-refractivity contribution in [3.8, 4) is 5.75 Å². The second-order valence-electron chi connectivity index (χ2n) is 8.92. The fourth-order valence-electron chi connectivity index (χ4n) is 4.46. The number of esters is 1. The van der Waals surface area contributed by atoms with Crippen molar-refractivity contribution < 1.29 is 23.9 Å². The van der Waals surface area contributed by atoms with Crippen LogP contribution in [0.3, 0.4) is 0 Å². The number of hydrogen-bond donors (Lipinski definition) is 1. The van der Waals surface area contributed by atoms with Crippen molar-refractivity contribution in [2.75, 3.05) is 18.6 Å². The fraction of sp³-hybridized carbons (Fsp3) is 0.333. The summed E-state index contributed by atoms with van der Waals surface area (Å²) in [7, 11) is 1.57. The second-order valence-corrected chi connectivity index (χ2v) is 8.92. The largest absolute Gasteiger partial charge is 0.496 e. The molecule has 0 fully saturated rings. The van der Waals surface area contributed by atoms with E-state index in [1.54, 1.807) is 21.0 Å². The molecule has 1 N–H and O–H groups in total. The first-order chi connectivity index (χ1) is 17.2. The zero-order chi connectivity index (χ0) is 26.0. The Hall–Kier alpha value is -4.14. The SMILES string of the molecule is CCOC(=O)c1cc2n(n1)CC(C)(C(=O)NCc1ccccc1OC)N(c1cccc(C)c1C)C2=O. The molecule has 0 aliphatic carbocycles. The van der Waals surface area contributed by atoms with Gasteiger partial charge in [-0.05, 0) is 51.0 Å². The summed E-state index contributed by atoms with van der Waals surface area (Å²) in [4.78, 5) is 41.5. The lowest BCUT2D eigenvalue weighted by molar-refractivity contribution is -0.126. The van der Waals surface area contributed by atoms with Crippen LogP contribution in [0.15, 0.2) is 48.5 Å². The highest BCUT2D eigenvalue weighted by Crippen LogP contribution is 2.35. The molecule has 3 aromatic rings. The van der Waals surface area contributed by atoms with Gasteiger partial charge >= 0.3 is 5.97 Å². The van der Waals surface area contributed by atoms with E-state index in [2.05, 4.69) is 10.4 Å². The topological polar surface area (TPSA) is 103 Å². The normalized spacial score (nSPS) is 16.9. The first kappa shape index (κ1) is 25.0. The average Bonchev–Trinajstić information content (AvgIpc) is 3.29. The fourth-order valence-corrected chi connectivity index (χ4v) is 4.46. The van der Waals surface area contributed by atoms with Crippen molar-refractivity contribution in [3.05, 3.63) is 76.6 Å². The molecule has 1 unspecified atom stereocenters. The number of amides is 2. The van der Waals surface area contributed by atoms with E-state index >= 15 is 0 Å². The lowest BCUT2D eigenvalue weighted by atomic mass is 9.92. The predicted molar refractivity (Wildman–Crippen MR) is 134 cm³/mol. The van der Waals surface area contributed by atoms with Gasteiger partial charge in [-0.15, -0.1) is 0 Å². The molecule has 0 saturated carbocycles. The number of aromatic nitrogens is 2. The molecule has 0 radical (unpaired) electrons. The average molecular weight is 491 g/mol. The van der Waals surface area contributed by atoms with Gasteiger partial charge in [-0.2, -0.15) is 5.10 Å². The number of methoxy groups -OCH3 is 1. The van der Waals surface area contributed by atoms with Crippen molar-refractivity contribution in [1.82, 2.24) is 15.1 Å². The van der Waals surface area contributed by atoms with Crippen LogP contribution in [0.25, 0.3) is 0 Å². The van der Waals surface area contributed by atoms with E-state index in [1.807, 2.05) is 56.3 Å². The van der Waals surface area contributed by atoms with Crippen LogP contribution < -0.4 is 15.0 Å². The summed E-state index contributed by atoms with van der Waals surface area (Å²) in [6, 6.07) is 14.5. The van der Waals surface area contributed by atoms with Gasteiger partial charge < -0.3 is 14.8 Å². The Morgan fingerprint density at radius 2 is 1.89 bits per heavy atom. The van der Waals surface area contributed by atoms with Crippen LogP contribution in [0, 0.1) is 13.8 Å². The van der Waals surface area contributed by atoms with Gasteiger partial charge in [0.1, 0.15) is 17.0 Å². The van der Waals surface area contributed by atoms with Crippen LogP contribution in [0.5, 0.6) is 5.75 Å². The zero-order valence-corrected chi connectivity index (χ0v) is 21.1. The molecule has 1 aromatic heterocycles. The zero-order valence-electron chi connectivity index (χ0n) is 21.1. The summed E-state index contributed by atoms with van der Waals surface area (Å²) in [6.45, 7) is 7.73. The van der Waals surface area contributed by atoms with Gasteiger partial charge in [-0.25, -0.2) is 4.79 Å². The van der Waals surface area contributed by atoms with Crippen molar-refractivity contribution in [1.29, 1.82) is 0 Å². The first-order valence-electron chi connectivity index (χ1n) is 11.8. The highest BCUT2D eigenvalue weighted by atomic mass is 16.5. The Morgan fingerprint density at radius 1 is 1.14 bits per heavy atom. The van der Waals surface area contributed by atoms with E-state index in [0.717, 1.165) is 16.7 Å². The van der Waals surface area contributed by atoms with Gasteiger partial charge in [0.25, 0.3) is 5.91 Å². The van der Waals surface area contributed by atoms with E-state index in [0.29, 0.717) is 11.4 Å². The maximum absolute atomic E-state index is 13.9. The molecule has 2 aromatic carbocycles. The van der Waals surface area contributed by atoms with Crippen LogP contribution in [-0.4, -0.2) is 46.8 Å². The number of rotatable bonds is 7. The molecule has 2 heterocycles. The number of ether oxygens (including phenoxy) is 2. The summed E-state index contributed by atoms with van der Waals surface area (Å²) in [5, 5.41) is 7.28. The Bertz CT molecular complexity index is 1330. The van der Waals surface area contributed by atoms with Gasteiger partial charge in [0, 0.05) is 23.9 Å². The standard InChI is InChI=1S/C27H30N4O5/c1-6-36-25(33)20-14-22-24(32)31(21-12-9-10-17(2)18(21)3)27(4,16-30(22)29-20)26(34)28-15-19-11-7-8-13-23(19)35-5/h7-14H,6,15-16H2,1-5H3,(H,28,34). The Balaban J connectivity index is 1.76. The van der Waals surface area contributed by atoms with Crippen LogP contribution in [0.2, 0.25) is 0 Å². The van der Waals surface area contributed by atoms with Crippen LogP contribution >= 0.6 is 0 Å². The van der Waals surface area contributed by atoms with Gasteiger partial charge in [0.15, 0.2) is 5.69 Å². The third kappa shape index (κ3) is 4.32. The molecule has 9 nitrogen and oxygen atoms in total. The van der Waals surface area contributed by atoms with E-state index < -0.39 is 17.4 Å². The molecular formula is C27H30N4O5. The molecule has 1 atom stereocenters. The second kappa shape index (κ2) is 9.85. The molecule has 188 valence electrons. The third-order valence-corrected chi connectivity index (χ3v) is 6.58. The van der Waals surface area contributed by atoms with Crippen molar-refractivity contribution in [2.45, 2.75) is 46.3 Å². The summed E-state index contributed by atoms with van der Waals surface area (Å²) in [5.41, 5.74) is 2.22. The number of para-hydroxylation sites is 1. The molecule has 4 rings (SSSR count). The molecule has 0 saturated heterocycles. The predicted octanol–water partition coefficient (Wildman–Crippen LogP) is 3.42. The van der Waals surface area contributed by atoms with E-state index in [4.69, 9.17) is 9.47 Å². The highest BCUT2D eigenvalue weighted by Gasteiger charge is 2.49. The number of anilines is 1. The molecular weight excluding hydrogens is 460 g/mol. The smallest absolute Gasteiger partial charge is 0.358 e. The van der Waals surface area contributed by atoms with Crippen molar-refractivity contribution >= 4 is 23.5 Å². The van der Waals surface area contributed by atoms with E-state index in [1.165, 1.54) is 15.6 Å². The summed E-state index contributed by atoms with van der Waals surface area (Å²) in [5.74, 6) is -0.746. The summed E-state index contributed by atoms with van der Waals surface area (Å²) < 4.78 is 11.9. The number of fused-ring (bicyclic) bond motifs is 1. The molecule has 9 heteroatoms. The van der Waals surface area contributed by atoms with Gasteiger partial charge in [-0.1, -0.05) is 30.3 Å². The van der Waals surface area contributed by atoms with Crippen molar-refractivity contribution in [2.24, 2.45) is 0 Å². The maximum atomic E-state index is 13.9. The number of nitrogens with zero attached hydrogens (tertiary/aromatic N) is 3. The molecule has 0 spiro atoms. The molecule has 0 bridgehead atoms. The third-order valence-electron chi connectivity index (χ3n) is 6.58. The number of benzene rings is 2. The van der Waals surface area contributed by atoms with Crippen LogP contribution in [-0.2, 0) is 22.6 Å². The minimum atomic E-state index is -1.33. The van der Waals surface area contributed by atoms with Crippen LogP contribution in [0.4, 0.5) is 5.69 Å². The summed E-state index contributed by atoms with van der Waals surface area (Å²) in [6.07, 6.45) is 0. The Labute approximate surface area is 210 Å². The summed E-state index contributed by atoms with van der Waals surface area (Å²) >= 11 is 0. The lowest BCUT2D eigenvalue weighted by Gasteiger charge is -2.43. The quantitative estimate of drug-likeness (QED) is 0.509. The first-order valence-corrected chi connectivity index (χ1v) is 11.8. The van der Waals surface area contributed by atoms with E-state index in [-0.39, 0.29) is 37.0 Å². The number of aryl methyl sites for hydroxylation is 1. The lowest BCUT2D eigenvalue weighted by Crippen LogP contribution is -2.64. The van der Waals surface area contributed by atoms with Crippen molar-refractivity contribution in [3.63, 3.8) is 0 Å². The van der Waals surface area contributed by atoms with Crippen LogP contribution in [0.1, 0.15) is 51.5 Å². The molecule has 1 aliphatic heterocycles. The minimum absolute atomic E-state index is 0.0276. The van der Waals surface area contributed by atoms with E-state index in [9.17, 15) is 14.4 Å². The Morgan fingerprint density at radius 3 is 2.61 bits per heavy atom. The Kier molecular flexibility index (Phi) is 6.83. The molecule has 36 heavy (non-hydrogen) atoms. The monoisotopic (exact) mass is 490 g/mol. The number of hydrogen-bond acceptors (Lipinski definition) is 6. The van der Waals surface area contributed by atoms with Gasteiger partial charge in [0.05, 0.1) is 20.3 Å². The maximum Gasteiger partial charge on any atom is 0.358 e. The van der Waals surface area contributed by atoms with Gasteiger partial charge in [0.2, 0.25) is 5.91 Å². The number of carbonyl (C=O) groups excluding carboxylic acids is 3. The number of carbonyl (C=O) groups is 3. The van der Waals surface area contributed by atoms with Gasteiger partial charge in [-0.3, -0.25) is 19.2 Å². The minimum Gasteiger partial charge on any atom is -0.496 e.